The molecule has 102 valence electrons. The molecule has 0 aliphatic heterocycles. The molecule has 0 fully saturated rings. The highest BCUT2D eigenvalue weighted by atomic mass is 16.5. The molecule has 0 spiro atoms. The maximum atomic E-state index is 5.78. The molecule has 1 aromatic heterocycles. The lowest BCUT2D eigenvalue weighted by Gasteiger charge is -2.14. The van der Waals surface area contributed by atoms with Crippen molar-refractivity contribution >= 4 is 5.82 Å². The lowest BCUT2D eigenvalue weighted by Crippen LogP contribution is -2.13. The number of rotatable bonds is 8. The largest absolute Gasteiger partial charge is 0.475 e. The normalized spacial score (nSPS) is 12.2. The minimum atomic E-state index is 0.188. The fourth-order valence-electron chi connectivity index (χ4n) is 1.50. The summed E-state index contributed by atoms with van der Waals surface area (Å²) in [6, 6.07) is 1.89. The molecule has 0 saturated carbocycles. The summed E-state index contributed by atoms with van der Waals surface area (Å²) >= 11 is 0. The minimum Gasteiger partial charge on any atom is -0.475 e. The number of anilines is 1. The lowest BCUT2D eigenvalue weighted by atomic mass is 10.3. The summed E-state index contributed by atoms with van der Waals surface area (Å²) in [6.07, 6.45) is 4.17. The molecule has 1 heterocycles. The Labute approximate surface area is 110 Å². The van der Waals surface area contributed by atoms with Gasteiger partial charge < -0.3 is 10.1 Å². The van der Waals surface area contributed by atoms with Gasteiger partial charge in [0, 0.05) is 19.0 Å². The number of ether oxygens (including phenoxy) is 1. The predicted molar refractivity (Wildman–Crippen MR) is 75.2 cm³/mol. The van der Waals surface area contributed by atoms with Crippen molar-refractivity contribution in [3.8, 4) is 5.88 Å². The van der Waals surface area contributed by atoms with Gasteiger partial charge in [0.25, 0.3) is 0 Å². The Balaban J connectivity index is 2.83. The number of hydrogen-bond donors (Lipinski definition) is 1. The summed E-state index contributed by atoms with van der Waals surface area (Å²) in [7, 11) is 0. The van der Waals surface area contributed by atoms with Crippen molar-refractivity contribution in [2.24, 2.45) is 0 Å². The molecular weight excluding hydrogens is 226 g/mol. The second-order valence-electron chi connectivity index (χ2n) is 4.52. The van der Waals surface area contributed by atoms with E-state index < -0.39 is 0 Å². The van der Waals surface area contributed by atoms with Crippen molar-refractivity contribution in [2.45, 2.75) is 59.5 Å². The van der Waals surface area contributed by atoms with Gasteiger partial charge in [-0.1, -0.05) is 20.8 Å². The molecule has 1 aromatic rings. The summed E-state index contributed by atoms with van der Waals surface area (Å²) < 4.78 is 5.78. The van der Waals surface area contributed by atoms with Crippen molar-refractivity contribution in [3.05, 3.63) is 11.9 Å². The van der Waals surface area contributed by atoms with E-state index >= 15 is 0 Å². The van der Waals surface area contributed by atoms with Gasteiger partial charge in [-0.05, 0) is 26.2 Å². The molecule has 0 aliphatic rings. The molecule has 0 aliphatic carbocycles. The van der Waals surface area contributed by atoms with Crippen LogP contribution in [0.4, 0.5) is 5.82 Å². The zero-order valence-electron chi connectivity index (χ0n) is 12.0. The van der Waals surface area contributed by atoms with E-state index in [1.165, 1.54) is 0 Å². The molecule has 1 unspecified atom stereocenters. The minimum absolute atomic E-state index is 0.188. The van der Waals surface area contributed by atoms with Gasteiger partial charge in [0.2, 0.25) is 5.88 Å². The van der Waals surface area contributed by atoms with Gasteiger partial charge >= 0.3 is 0 Å². The predicted octanol–water partition coefficient (Wildman–Crippen LogP) is 3.43. The monoisotopic (exact) mass is 251 g/mol. The van der Waals surface area contributed by atoms with Gasteiger partial charge in [0.05, 0.1) is 6.10 Å². The first kappa shape index (κ1) is 14.7. The van der Waals surface area contributed by atoms with E-state index in [9.17, 15) is 0 Å². The average Bonchev–Trinajstić information content (AvgIpc) is 2.36. The molecule has 0 aromatic carbocycles. The van der Waals surface area contributed by atoms with Crippen LogP contribution in [0.5, 0.6) is 5.88 Å². The van der Waals surface area contributed by atoms with Crippen molar-refractivity contribution in [3.63, 3.8) is 0 Å². The van der Waals surface area contributed by atoms with E-state index in [2.05, 4.69) is 43.0 Å². The molecule has 1 rings (SSSR count). The highest BCUT2D eigenvalue weighted by Gasteiger charge is 2.07. The van der Waals surface area contributed by atoms with Gasteiger partial charge in [-0.3, -0.25) is 0 Å². The summed E-state index contributed by atoms with van der Waals surface area (Å²) in [5.41, 5.74) is 0. The summed E-state index contributed by atoms with van der Waals surface area (Å²) in [6.45, 7) is 9.35. The Morgan fingerprint density at radius 2 is 2.00 bits per heavy atom. The highest BCUT2D eigenvalue weighted by Crippen LogP contribution is 2.16. The van der Waals surface area contributed by atoms with Crippen LogP contribution in [-0.4, -0.2) is 22.6 Å². The fraction of sp³-hybridized carbons (Fsp3) is 0.714. The molecule has 0 amide bonds. The molecule has 1 atom stereocenters. The fourth-order valence-corrected chi connectivity index (χ4v) is 1.50. The Morgan fingerprint density at radius 3 is 2.61 bits per heavy atom. The first-order valence-corrected chi connectivity index (χ1v) is 6.98. The van der Waals surface area contributed by atoms with E-state index in [0.29, 0.717) is 5.88 Å². The van der Waals surface area contributed by atoms with Crippen LogP contribution in [-0.2, 0) is 6.42 Å². The second-order valence-corrected chi connectivity index (χ2v) is 4.52. The van der Waals surface area contributed by atoms with Crippen LogP contribution in [0.1, 0.15) is 52.8 Å². The maximum absolute atomic E-state index is 5.78. The Hall–Kier alpha value is -1.32. The second kappa shape index (κ2) is 7.90. The SMILES string of the molecule is CCCNc1cc(OC(C)CC)nc(CCC)n1. The van der Waals surface area contributed by atoms with Crippen LogP contribution in [0.2, 0.25) is 0 Å². The Kier molecular flexibility index (Phi) is 6.47. The average molecular weight is 251 g/mol. The van der Waals surface area contributed by atoms with Crippen LogP contribution < -0.4 is 10.1 Å². The van der Waals surface area contributed by atoms with E-state index in [0.717, 1.165) is 43.9 Å². The smallest absolute Gasteiger partial charge is 0.218 e. The van der Waals surface area contributed by atoms with Crippen molar-refractivity contribution in [2.75, 3.05) is 11.9 Å². The van der Waals surface area contributed by atoms with Gasteiger partial charge in [-0.25, -0.2) is 4.98 Å². The number of hydrogen-bond acceptors (Lipinski definition) is 4. The quantitative estimate of drug-likeness (QED) is 0.769. The maximum Gasteiger partial charge on any atom is 0.218 e. The topological polar surface area (TPSA) is 47.0 Å². The van der Waals surface area contributed by atoms with Gasteiger partial charge in [0.1, 0.15) is 11.6 Å². The number of nitrogens with zero attached hydrogens (tertiary/aromatic N) is 2. The van der Waals surface area contributed by atoms with Crippen LogP contribution in [0.25, 0.3) is 0 Å². The number of nitrogens with one attached hydrogen (secondary N) is 1. The van der Waals surface area contributed by atoms with E-state index in [1.807, 2.05) is 6.07 Å². The third kappa shape index (κ3) is 4.90. The first-order valence-electron chi connectivity index (χ1n) is 6.98. The Bertz CT molecular complexity index is 355. The zero-order chi connectivity index (χ0) is 13.4. The molecule has 1 N–H and O–H groups in total. The van der Waals surface area contributed by atoms with Crippen LogP contribution in [0.15, 0.2) is 6.07 Å². The van der Waals surface area contributed by atoms with E-state index in [-0.39, 0.29) is 6.10 Å². The lowest BCUT2D eigenvalue weighted by molar-refractivity contribution is 0.208. The standard InChI is InChI=1S/C14H25N3O/c1-5-8-12-16-13(15-9-6-2)10-14(17-12)18-11(4)7-3/h10-11H,5-9H2,1-4H3,(H,15,16,17). The van der Waals surface area contributed by atoms with Crippen molar-refractivity contribution in [1.29, 1.82) is 0 Å². The third-order valence-corrected chi connectivity index (χ3v) is 2.68. The molecule has 0 radical (unpaired) electrons. The summed E-state index contributed by atoms with van der Waals surface area (Å²) in [5.74, 6) is 2.41. The summed E-state index contributed by atoms with van der Waals surface area (Å²) in [4.78, 5) is 8.94. The van der Waals surface area contributed by atoms with Gasteiger partial charge in [-0.2, -0.15) is 4.98 Å². The van der Waals surface area contributed by atoms with Crippen molar-refractivity contribution in [1.82, 2.24) is 9.97 Å². The third-order valence-electron chi connectivity index (χ3n) is 2.68. The van der Waals surface area contributed by atoms with Gasteiger partial charge in [0.15, 0.2) is 0 Å². The summed E-state index contributed by atoms with van der Waals surface area (Å²) in [5, 5.41) is 3.29. The number of aromatic nitrogens is 2. The number of aryl methyl sites for hydroxylation is 1. The van der Waals surface area contributed by atoms with Crippen LogP contribution in [0.3, 0.4) is 0 Å². The molecular formula is C14H25N3O. The van der Waals surface area contributed by atoms with Crippen LogP contribution in [0, 0.1) is 0 Å². The highest BCUT2D eigenvalue weighted by molar-refractivity contribution is 5.38. The Morgan fingerprint density at radius 1 is 1.22 bits per heavy atom. The van der Waals surface area contributed by atoms with Gasteiger partial charge in [-0.15, -0.1) is 0 Å². The molecule has 4 nitrogen and oxygen atoms in total. The molecule has 0 saturated heterocycles. The van der Waals surface area contributed by atoms with E-state index in [4.69, 9.17) is 4.74 Å². The molecule has 18 heavy (non-hydrogen) atoms. The van der Waals surface area contributed by atoms with Crippen molar-refractivity contribution < 1.29 is 4.74 Å². The van der Waals surface area contributed by atoms with Crippen LogP contribution >= 0.6 is 0 Å². The van der Waals surface area contributed by atoms with E-state index in [1.54, 1.807) is 0 Å². The first-order chi connectivity index (χ1) is 8.69. The molecule has 4 heteroatoms. The molecule has 0 bridgehead atoms. The zero-order valence-corrected chi connectivity index (χ0v) is 12.0.